The number of hydrogen-bond donors (Lipinski definition) is 2. The van der Waals surface area contributed by atoms with E-state index >= 15 is 0 Å². The van der Waals surface area contributed by atoms with Crippen LogP contribution < -0.4 is 15.9 Å². The minimum atomic E-state index is -0.718. The molecule has 22 heavy (non-hydrogen) atoms. The van der Waals surface area contributed by atoms with Gasteiger partial charge in [-0.05, 0) is 57.2 Å². The average Bonchev–Trinajstić information content (AvgIpc) is 2.79. The molecule has 6 nitrogen and oxygen atoms in total. The molecule has 0 aliphatic carbocycles. The Morgan fingerprint density at radius 3 is 2.14 bits per heavy atom. The smallest absolute Gasteiger partial charge is 0.270 e. The molecule has 1 atom stereocenters. The maximum Gasteiger partial charge on any atom is 0.270 e. The maximum absolute atomic E-state index is 12.2. The van der Waals surface area contributed by atoms with Gasteiger partial charge in [0.15, 0.2) is 6.10 Å². The number of amides is 2. The Balaban J connectivity index is 2.07. The number of nitrogens with zero attached hydrogens (tertiary/aromatic N) is 1. The van der Waals surface area contributed by atoms with Gasteiger partial charge in [0.1, 0.15) is 5.75 Å². The Labute approximate surface area is 128 Å². The molecule has 0 saturated carbocycles. The average molecular weight is 301 g/mol. The summed E-state index contributed by atoms with van der Waals surface area (Å²) in [6.07, 6.45) is -0.718. The number of ether oxygens (including phenoxy) is 1. The summed E-state index contributed by atoms with van der Waals surface area (Å²) in [7, 11) is 0. The predicted octanol–water partition coefficient (Wildman–Crippen LogP) is 1.74. The van der Waals surface area contributed by atoms with Gasteiger partial charge in [0, 0.05) is 17.0 Å². The highest BCUT2D eigenvalue weighted by Gasteiger charge is 2.12. The summed E-state index contributed by atoms with van der Waals surface area (Å²) in [5, 5.41) is 0. The van der Waals surface area contributed by atoms with E-state index in [9.17, 15) is 9.59 Å². The fraction of sp³-hybridized carbons (Fsp3) is 0.250. The van der Waals surface area contributed by atoms with Crippen molar-refractivity contribution in [1.29, 1.82) is 0 Å². The molecule has 0 spiro atoms. The summed E-state index contributed by atoms with van der Waals surface area (Å²) < 4.78 is 7.07. The molecule has 0 aliphatic rings. The summed E-state index contributed by atoms with van der Waals surface area (Å²) in [5.41, 5.74) is 10.3. The van der Waals surface area contributed by atoms with E-state index in [-0.39, 0.29) is 5.91 Å². The molecule has 2 aromatic rings. The zero-order valence-electron chi connectivity index (χ0n) is 12.8. The molecule has 0 bridgehead atoms. The van der Waals surface area contributed by atoms with E-state index in [1.165, 1.54) is 0 Å². The van der Waals surface area contributed by atoms with Gasteiger partial charge in [-0.1, -0.05) is 0 Å². The van der Waals surface area contributed by atoms with E-state index in [2.05, 4.69) is 5.43 Å². The summed E-state index contributed by atoms with van der Waals surface area (Å²) >= 11 is 0. The van der Waals surface area contributed by atoms with Gasteiger partial charge in [0.25, 0.3) is 11.8 Å². The number of hydrogen-bond acceptors (Lipinski definition) is 3. The van der Waals surface area contributed by atoms with Crippen LogP contribution in [0.15, 0.2) is 36.4 Å². The monoisotopic (exact) mass is 301 g/mol. The SMILES string of the molecule is Cc1ccc(C)n1NC(=O)c1ccc(O[C@H](C)C(N)=O)cc1. The molecular formula is C16H19N3O3. The Morgan fingerprint density at radius 1 is 1.09 bits per heavy atom. The van der Waals surface area contributed by atoms with Crippen molar-refractivity contribution in [3.8, 4) is 5.75 Å². The minimum Gasteiger partial charge on any atom is -0.481 e. The number of aryl methyl sites for hydroxylation is 2. The first-order valence-electron chi connectivity index (χ1n) is 6.91. The van der Waals surface area contributed by atoms with Crippen LogP contribution >= 0.6 is 0 Å². The Kier molecular flexibility index (Phi) is 4.50. The second-order valence-corrected chi connectivity index (χ2v) is 5.08. The van der Waals surface area contributed by atoms with E-state index in [0.717, 1.165) is 11.4 Å². The number of benzene rings is 1. The second kappa shape index (κ2) is 6.34. The number of nitrogens with one attached hydrogen (secondary N) is 1. The van der Waals surface area contributed by atoms with E-state index in [0.29, 0.717) is 11.3 Å². The molecule has 116 valence electrons. The van der Waals surface area contributed by atoms with Crippen LogP contribution in [-0.4, -0.2) is 22.6 Å². The first-order chi connectivity index (χ1) is 10.4. The molecule has 3 N–H and O–H groups in total. The predicted molar refractivity (Wildman–Crippen MR) is 83.3 cm³/mol. The van der Waals surface area contributed by atoms with Gasteiger partial charge in [-0.3, -0.25) is 19.7 Å². The van der Waals surface area contributed by atoms with Gasteiger partial charge < -0.3 is 10.5 Å². The number of primary amides is 1. The molecule has 0 fully saturated rings. The lowest BCUT2D eigenvalue weighted by molar-refractivity contribution is -0.123. The summed E-state index contributed by atoms with van der Waals surface area (Å²) in [6.45, 7) is 5.39. The molecule has 1 aromatic carbocycles. The normalized spacial score (nSPS) is 11.8. The Morgan fingerprint density at radius 2 is 1.64 bits per heavy atom. The van der Waals surface area contributed by atoms with Crippen molar-refractivity contribution < 1.29 is 14.3 Å². The highest BCUT2D eigenvalue weighted by Crippen LogP contribution is 2.14. The largest absolute Gasteiger partial charge is 0.481 e. The van der Waals surface area contributed by atoms with Crippen LogP contribution in [-0.2, 0) is 4.79 Å². The molecule has 1 aromatic heterocycles. The summed E-state index contributed by atoms with van der Waals surface area (Å²) in [4.78, 5) is 23.2. The van der Waals surface area contributed by atoms with Crippen molar-refractivity contribution >= 4 is 11.8 Å². The molecule has 0 aliphatic heterocycles. The standard InChI is InChI=1S/C16H19N3O3/c1-10-4-5-11(2)19(10)18-16(21)13-6-8-14(9-7-13)22-12(3)15(17)20/h4-9,12H,1-3H3,(H2,17,20)(H,18,21)/t12-/m1/s1. The second-order valence-electron chi connectivity index (χ2n) is 5.08. The molecule has 6 heteroatoms. The minimum absolute atomic E-state index is 0.225. The van der Waals surface area contributed by atoms with E-state index in [1.807, 2.05) is 26.0 Å². The van der Waals surface area contributed by atoms with E-state index < -0.39 is 12.0 Å². The van der Waals surface area contributed by atoms with Crippen LogP contribution in [0.4, 0.5) is 0 Å². The highest BCUT2D eigenvalue weighted by atomic mass is 16.5. The fourth-order valence-corrected chi connectivity index (χ4v) is 1.96. The lowest BCUT2D eigenvalue weighted by Crippen LogP contribution is -2.30. The van der Waals surface area contributed by atoms with Crippen LogP contribution in [0.2, 0.25) is 0 Å². The molecule has 1 heterocycles. The molecule has 0 saturated heterocycles. The first-order valence-corrected chi connectivity index (χ1v) is 6.91. The Bertz CT molecular complexity index is 670. The lowest BCUT2D eigenvalue weighted by Gasteiger charge is -2.13. The first kappa shape index (κ1) is 15.6. The number of aromatic nitrogens is 1. The van der Waals surface area contributed by atoms with Crippen molar-refractivity contribution in [3.63, 3.8) is 0 Å². The number of nitrogens with two attached hydrogens (primary N) is 1. The zero-order valence-corrected chi connectivity index (χ0v) is 12.8. The molecule has 2 amide bonds. The van der Waals surface area contributed by atoms with Crippen LogP contribution in [0.1, 0.15) is 28.7 Å². The molecular weight excluding hydrogens is 282 g/mol. The third kappa shape index (κ3) is 3.46. The van der Waals surface area contributed by atoms with Crippen molar-refractivity contribution in [2.75, 3.05) is 5.43 Å². The molecule has 0 radical (unpaired) electrons. The summed E-state index contributed by atoms with van der Waals surface area (Å²) in [5.74, 6) is -0.284. The van der Waals surface area contributed by atoms with Gasteiger partial charge in [-0.25, -0.2) is 0 Å². The van der Waals surface area contributed by atoms with Crippen LogP contribution in [0.25, 0.3) is 0 Å². The quantitative estimate of drug-likeness (QED) is 0.882. The summed E-state index contributed by atoms with van der Waals surface area (Å²) in [6, 6.07) is 10.4. The van der Waals surface area contributed by atoms with Gasteiger partial charge in [-0.2, -0.15) is 0 Å². The fourth-order valence-electron chi connectivity index (χ4n) is 1.96. The van der Waals surface area contributed by atoms with Crippen molar-refractivity contribution in [1.82, 2.24) is 4.68 Å². The van der Waals surface area contributed by atoms with Gasteiger partial charge in [0.2, 0.25) is 0 Å². The van der Waals surface area contributed by atoms with E-state index in [4.69, 9.17) is 10.5 Å². The lowest BCUT2D eigenvalue weighted by atomic mass is 10.2. The van der Waals surface area contributed by atoms with Crippen molar-refractivity contribution in [2.45, 2.75) is 26.9 Å². The maximum atomic E-state index is 12.2. The number of rotatable bonds is 5. The Hall–Kier alpha value is -2.76. The van der Waals surface area contributed by atoms with Crippen molar-refractivity contribution in [3.05, 3.63) is 53.3 Å². The number of carbonyl (C=O) groups excluding carboxylic acids is 2. The van der Waals surface area contributed by atoms with Crippen molar-refractivity contribution in [2.24, 2.45) is 5.73 Å². The topological polar surface area (TPSA) is 86.3 Å². The van der Waals surface area contributed by atoms with Crippen LogP contribution in [0.3, 0.4) is 0 Å². The van der Waals surface area contributed by atoms with Gasteiger partial charge >= 0.3 is 0 Å². The zero-order chi connectivity index (χ0) is 16.3. The van der Waals surface area contributed by atoms with Crippen LogP contribution in [0.5, 0.6) is 5.75 Å². The van der Waals surface area contributed by atoms with Crippen LogP contribution in [0, 0.1) is 13.8 Å². The third-order valence-corrected chi connectivity index (χ3v) is 3.31. The molecule has 2 rings (SSSR count). The molecule has 0 unspecified atom stereocenters. The highest BCUT2D eigenvalue weighted by molar-refractivity contribution is 6.00. The number of carbonyl (C=O) groups is 2. The van der Waals surface area contributed by atoms with E-state index in [1.54, 1.807) is 35.9 Å². The van der Waals surface area contributed by atoms with Gasteiger partial charge in [-0.15, -0.1) is 0 Å². The van der Waals surface area contributed by atoms with Gasteiger partial charge in [0.05, 0.1) is 0 Å². The third-order valence-electron chi connectivity index (χ3n) is 3.31.